The van der Waals surface area contributed by atoms with Crippen LogP contribution in [-0.2, 0) is 9.59 Å². The first-order chi connectivity index (χ1) is 14.9. The number of benzene rings is 3. The smallest absolute Gasteiger partial charge is 0.243 e. The molecule has 31 heavy (non-hydrogen) atoms. The second-order valence-electron chi connectivity index (χ2n) is 7.40. The highest BCUT2D eigenvalue weighted by Gasteiger charge is 2.16. The lowest BCUT2D eigenvalue weighted by Gasteiger charge is -2.20. The Labute approximate surface area is 181 Å². The number of halogens is 1. The Morgan fingerprint density at radius 3 is 2.19 bits per heavy atom. The van der Waals surface area contributed by atoms with Crippen LogP contribution in [0.3, 0.4) is 0 Å². The molecule has 1 atom stereocenters. The lowest BCUT2D eigenvalue weighted by Crippen LogP contribution is -2.39. The molecule has 0 aliphatic carbocycles. The Kier molecular flexibility index (Phi) is 7.51. The Bertz CT molecular complexity index is 1040. The number of nitrogens with one attached hydrogen (secondary N) is 3. The van der Waals surface area contributed by atoms with Gasteiger partial charge in [-0.3, -0.25) is 14.9 Å². The van der Waals surface area contributed by atoms with Crippen molar-refractivity contribution in [3.05, 3.63) is 101 Å². The van der Waals surface area contributed by atoms with Crippen molar-refractivity contribution >= 4 is 17.5 Å². The van der Waals surface area contributed by atoms with Crippen molar-refractivity contribution < 1.29 is 14.0 Å². The van der Waals surface area contributed by atoms with E-state index in [1.165, 1.54) is 35.4 Å². The summed E-state index contributed by atoms with van der Waals surface area (Å²) in [6.07, 6.45) is 0. The summed E-state index contributed by atoms with van der Waals surface area (Å²) in [7, 11) is 0. The molecular weight excluding hydrogens is 393 g/mol. The van der Waals surface area contributed by atoms with Crippen molar-refractivity contribution in [2.24, 2.45) is 0 Å². The highest BCUT2D eigenvalue weighted by atomic mass is 19.1. The van der Waals surface area contributed by atoms with Crippen molar-refractivity contribution in [2.75, 3.05) is 18.4 Å². The van der Waals surface area contributed by atoms with Gasteiger partial charge in [0.1, 0.15) is 5.82 Å². The molecule has 3 aromatic carbocycles. The average Bonchev–Trinajstić information content (AvgIpc) is 2.77. The van der Waals surface area contributed by atoms with Crippen molar-refractivity contribution in [3.8, 4) is 0 Å². The number of aryl methyl sites for hydroxylation is 2. The first kappa shape index (κ1) is 22.2. The van der Waals surface area contributed by atoms with Gasteiger partial charge in [0.15, 0.2) is 0 Å². The molecule has 3 N–H and O–H groups in total. The van der Waals surface area contributed by atoms with Gasteiger partial charge in [-0.15, -0.1) is 0 Å². The zero-order valence-electron chi connectivity index (χ0n) is 17.6. The van der Waals surface area contributed by atoms with E-state index in [-0.39, 0.29) is 36.8 Å². The van der Waals surface area contributed by atoms with Crippen LogP contribution in [0.1, 0.15) is 28.3 Å². The molecule has 0 saturated heterocycles. The number of rotatable bonds is 8. The van der Waals surface area contributed by atoms with Crippen LogP contribution in [0, 0.1) is 19.7 Å². The fourth-order valence-corrected chi connectivity index (χ4v) is 3.19. The normalized spacial score (nSPS) is 11.6. The van der Waals surface area contributed by atoms with Crippen LogP contribution in [-0.4, -0.2) is 24.9 Å². The third kappa shape index (κ3) is 6.49. The van der Waals surface area contributed by atoms with Crippen LogP contribution < -0.4 is 16.0 Å². The Hall–Kier alpha value is -3.51. The molecular formula is C25H26FN3O2. The van der Waals surface area contributed by atoms with E-state index in [1.54, 1.807) is 0 Å². The number of amides is 2. The van der Waals surface area contributed by atoms with Gasteiger partial charge in [-0.25, -0.2) is 4.39 Å². The predicted molar refractivity (Wildman–Crippen MR) is 120 cm³/mol. The summed E-state index contributed by atoms with van der Waals surface area (Å²) >= 11 is 0. The second kappa shape index (κ2) is 10.5. The minimum atomic E-state index is -0.381. The van der Waals surface area contributed by atoms with Gasteiger partial charge < -0.3 is 10.6 Å². The van der Waals surface area contributed by atoms with Gasteiger partial charge in [0, 0.05) is 5.69 Å². The summed E-state index contributed by atoms with van der Waals surface area (Å²) in [6, 6.07) is 21.4. The average molecular weight is 420 g/mol. The summed E-state index contributed by atoms with van der Waals surface area (Å²) in [6.45, 7) is 4.01. The zero-order valence-corrected chi connectivity index (χ0v) is 17.6. The largest absolute Gasteiger partial charge is 0.346 e. The lowest BCUT2D eigenvalue weighted by molar-refractivity contribution is -0.123. The molecule has 0 heterocycles. The summed E-state index contributed by atoms with van der Waals surface area (Å²) in [5, 5.41) is 8.51. The third-order valence-corrected chi connectivity index (χ3v) is 5.04. The third-order valence-electron chi connectivity index (χ3n) is 5.04. The quantitative estimate of drug-likeness (QED) is 0.519. The standard InChI is InChI=1S/C25H26FN3O2/c1-17-8-9-20(14-18(17)2)25(19-6-4-3-5-7-19)28-15-23(30)27-16-24(31)29-22-12-10-21(26)11-13-22/h3-14,25,28H,15-16H2,1-2H3,(H,27,30)(H,29,31)/t25-/m0/s1. The van der Waals surface area contributed by atoms with Crippen molar-refractivity contribution in [1.82, 2.24) is 10.6 Å². The van der Waals surface area contributed by atoms with E-state index in [0.29, 0.717) is 5.69 Å². The molecule has 5 nitrogen and oxygen atoms in total. The predicted octanol–water partition coefficient (Wildman–Crippen LogP) is 3.88. The molecule has 0 fully saturated rings. The van der Waals surface area contributed by atoms with Crippen LogP contribution in [0.25, 0.3) is 0 Å². The highest BCUT2D eigenvalue weighted by molar-refractivity contribution is 5.94. The fourth-order valence-electron chi connectivity index (χ4n) is 3.19. The van der Waals surface area contributed by atoms with Crippen LogP contribution >= 0.6 is 0 Å². The molecule has 0 aliphatic heterocycles. The molecule has 0 bridgehead atoms. The lowest BCUT2D eigenvalue weighted by atomic mass is 9.95. The highest BCUT2D eigenvalue weighted by Crippen LogP contribution is 2.23. The topological polar surface area (TPSA) is 70.2 Å². The maximum absolute atomic E-state index is 12.9. The van der Waals surface area contributed by atoms with Crippen LogP contribution in [0.5, 0.6) is 0 Å². The minimum Gasteiger partial charge on any atom is -0.346 e. The van der Waals surface area contributed by atoms with Gasteiger partial charge in [-0.05, 0) is 60.4 Å². The maximum atomic E-state index is 12.9. The second-order valence-corrected chi connectivity index (χ2v) is 7.40. The van der Waals surface area contributed by atoms with Gasteiger partial charge in [0.25, 0.3) is 0 Å². The van der Waals surface area contributed by atoms with Gasteiger partial charge >= 0.3 is 0 Å². The fraction of sp³-hybridized carbons (Fsp3) is 0.200. The van der Waals surface area contributed by atoms with E-state index in [1.807, 2.05) is 30.3 Å². The molecule has 0 aromatic heterocycles. The Morgan fingerprint density at radius 1 is 0.806 bits per heavy atom. The van der Waals surface area contributed by atoms with Crippen LogP contribution in [0.15, 0.2) is 72.8 Å². The molecule has 0 unspecified atom stereocenters. The van der Waals surface area contributed by atoms with Gasteiger partial charge in [-0.2, -0.15) is 0 Å². The van der Waals surface area contributed by atoms with Crippen LogP contribution in [0.4, 0.5) is 10.1 Å². The van der Waals surface area contributed by atoms with E-state index in [2.05, 4.69) is 48.0 Å². The summed E-state index contributed by atoms with van der Waals surface area (Å²) in [5.41, 5.74) is 4.98. The number of carbonyl (C=O) groups is 2. The molecule has 2 amide bonds. The van der Waals surface area contributed by atoms with Gasteiger partial charge in [-0.1, -0.05) is 48.5 Å². The Morgan fingerprint density at radius 2 is 1.52 bits per heavy atom. The molecule has 3 rings (SSSR count). The van der Waals surface area contributed by atoms with Crippen molar-refractivity contribution in [1.29, 1.82) is 0 Å². The van der Waals surface area contributed by atoms with Gasteiger partial charge in [0.05, 0.1) is 19.1 Å². The zero-order chi connectivity index (χ0) is 22.2. The molecule has 0 radical (unpaired) electrons. The molecule has 0 spiro atoms. The SMILES string of the molecule is Cc1ccc([C@@H](NCC(=O)NCC(=O)Nc2ccc(F)cc2)c2ccccc2)cc1C. The monoisotopic (exact) mass is 419 g/mol. The van der Waals surface area contributed by atoms with Crippen molar-refractivity contribution in [2.45, 2.75) is 19.9 Å². The number of anilines is 1. The molecule has 160 valence electrons. The van der Waals surface area contributed by atoms with E-state index in [9.17, 15) is 14.0 Å². The first-order valence-electron chi connectivity index (χ1n) is 10.1. The van der Waals surface area contributed by atoms with E-state index < -0.39 is 0 Å². The van der Waals surface area contributed by atoms with Crippen LogP contribution in [0.2, 0.25) is 0 Å². The van der Waals surface area contributed by atoms with Crippen molar-refractivity contribution in [3.63, 3.8) is 0 Å². The molecule has 0 saturated carbocycles. The van der Waals surface area contributed by atoms with E-state index >= 15 is 0 Å². The maximum Gasteiger partial charge on any atom is 0.243 e. The number of hydrogen-bond donors (Lipinski definition) is 3. The van der Waals surface area contributed by atoms with Gasteiger partial charge in [0.2, 0.25) is 11.8 Å². The summed E-state index contributed by atoms with van der Waals surface area (Å²) < 4.78 is 12.9. The summed E-state index contributed by atoms with van der Waals surface area (Å²) in [4.78, 5) is 24.3. The Balaban J connectivity index is 1.58. The first-order valence-corrected chi connectivity index (χ1v) is 10.1. The summed E-state index contributed by atoms with van der Waals surface area (Å²) in [5.74, 6) is -1.05. The molecule has 3 aromatic rings. The minimum absolute atomic E-state index is 0.0519. The molecule has 0 aliphatic rings. The van der Waals surface area contributed by atoms with E-state index in [4.69, 9.17) is 0 Å². The number of carbonyl (C=O) groups excluding carboxylic acids is 2. The van der Waals surface area contributed by atoms with E-state index in [0.717, 1.165) is 11.1 Å². The molecule has 6 heteroatoms. The number of hydrogen-bond acceptors (Lipinski definition) is 3.